The van der Waals surface area contributed by atoms with Crippen molar-refractivity contribution in [2.24, 2.45) is 0 Å². The minimum atomic E-state index is -0.110. The van der Waals surface area contributed by atoms with E-state index in [9.17, 15) is 10.2 Å². The lowest BCUT2D eigenvalue weighted by Crippen LogP contribution is -2.31. The standard InChI is InChI=1S/C23H24N2O4.C6H6/c26-20-8-6-16(10-21(20)27)12-24-14-19(18-4-2-1-3-5-18)25-13-17-7-9-22-23(11-17)29-15-28-22;1-2-4-6-5-3-1/h1-11,19,24-27H,12-15H2;1-6H/t19-;/m1./s1. The Bertz CT molecular complexity index is 1160. The fourth-order valence-corrected chi connectivity index (χ4v) is 3.71. The van der Waals surface area contributed by atoms with Gasteiger partial charge in [0.25, 0.3) is 0 Å². The molecule has 0 saturated carbocycles. The average molecular weight is 471 g/mol. The van der Waals surface area contributed by atoms with Crippen molar-refractivity contribution in [3.05, 3.63) is 120 Å². The van der Waals surface area contributed by atoms with Crippen LogP contribution in [0.4, 0.5) is 0 Å². The fourth-order valence-electron chi connectivity index (χ4n) is 3.71. The second-order valence-electron chi connectivity index (χ2n) is 8.14. The van der Waals surface area contributed by atoms with Gasteiger partial charge in [-0.3, -0.25) is 0 Å². The molecule has 0 amide bonds. The van der Waals surface area contributed by atoms with Crippen molar-refractivity contribution in [3.8, 4) is 23.0 Å². The molecule has 0 unspecified atom stereocenters. The zero-order valence-electron chi connectivity index (χ0n) is 19.4. The molecule has 1 aliphatic heterocycles. The van der Waals surface area contributed by atoms with Crippen LogP contribution in [0.1, 0.15) is 22.7 Å². The van der Waals surface area contributed by atoms with E-state index in [1.54, 1.807) is 12.1 Å². The highest BCUT2D eigenvalue weighted by Crippen LogP contribution is 2.32. The first-order chi connectivity index (χ1) is 17.2. The number of hydrogen-bond donors (Lipinski definition) is 4. The third kappa shape index (κ3) is 7.24. The van der Waals surface area contributed by atoms with E-state index in [0.29, 0.717) is 19.6 Å². The molecule has 5 rings (SSSR count). The number of nitrogens with one attached hydrogen (secondary N) is 2. The molecule has 0 aliphatic carbocycles. The summed E-state index contributed by atoms with van der Waals surface area (Å²) in [7, 11) is 0. The number of ether oxygens (including phenoxy) is 2. The Morgan fingerprint density at radius 1 is 0.657 bits per heavy atom. The fraction of sp³-hybridized carbons (Fsp3) is 0.172. The van der Waals surface area contributed by atoms with E-state index in [1.807, 2.05) is 72.8 Å². The highest BCUT2D eigenvalue weighted by molar-refractivity contribution is 5.44. The lowest BCUT2D eigenvalue weighted by Gasteiger charge is -2.20. The van der Waals surface area contributed by atoms with Crippen molar-refractivity contribution < 1.29 is 19.7 Å². The summed E-state index contributed by atoms with van der Waals surface area (Å²) < 4.78 is 10.8. The summed E-state index contributed by atoms with van der Waals surface area (Å²) in [5.41, 5.74) is 3.22. The van der Waals surface area contributed by atoms with Crippen LogP contribution in [0, 0.1) is 0 Å². The van der Waals surface area contributed by atoms with E-state index in [0.717, 1.165) is 22.6 Å². The molecular formula is C29H30N2O4. The average Bonchev–Trinajstić information content (AvgIpc) is 3.38. The molecule has 4 aromatic rings. The predicted octanol–water partition coefficient (Wildman–Crippen LogP) is 5.13. The first kappa shape index (κ1) is 24.1. The maximum absolute atomic E-state index is 9.65. The summed E-state index contributed by atoms with van der Waals surface area (Å²) in [6.07, 6.45) is 0. The summed E-state index contributed by atoms with van der Waals surface area (Å²) in [5, 5.41) is 26.1. The third-order valence-electron chi connectivity index (χ3n) is 5.58. The van der Waals surface area contributed by atoms with Crippen LogP contribution in [-0.2, 0) is 13.1 Å². The van der Waals surface area contributed by atoms with Crippen molar-refractivity contribution in [1.82, 2.24) is 10.6 Å². The number of hydrogen-bond acceptors (Lipinski definition) is 6. The van der Waals surface area contributed by atoms with Crippen LogP contribution < -0.4 is 20.1 Å². The predicted molar refractivity (Wildman–Crippen MR) is 137 cm³/mol. The molecule has 0 aromatic heterocycles. The Morgan fingerprint density at radius 3 is 2.00 bits per heavy atom. The molecule has 6 heteroatoms. The van der Waals surface area contributed by atoms with E-state index in [4.69, 9.17) is 9.47 Å². The van der Waals surface area contributed by atoms with E-state index >= 15 is 0 Å². The summed E-state index contributed by atoms with van der Waals surface area (Å²) in [6.45, 7) is 2.26. The van der Waals surface area contributed by atoms with Gasteiger partial charge >= 0.3 is 0 Å². The van der Waals surface area contributed by atoms with Crippen LogP contribution in [0.25, 0.3) is 0 Å². The number of fused-ring (bicyclic) bond motifs is 1. The van der Waals surface area contributed by atoms with E-state index in [2.05, 4.69) is 22.8 Å². The van der Waals surface area contributed by atoms with Gasteiger partial charge in [0, 0.05) is 25.7 Å². The van der Waals surface area contributed by atoms with Crippen LogP contribution >= 0.6 is 0 Å². The van der Waals surface area contributed by atoms with Crippen molar-refractivity contribution in [1.29, 1.82) is 0 Å². The minimum absolute atomic E-state index is 0.104. The number of rotatable bonds is 8. The third-order valence-corrected chi connectivity index (χ3v) is 5.58. The number of aromatic hydroxyl groups is 2. The number of phenolic OH excluding ortho intramolecular Hbond substituents is 2. The van der Waals surface area contributed by atoms with Gasteiger partial charge in [-0.1, -0.05) is 78.9 Å². The quantitative estimate of drug-likeness (QED) is 0.267. The topological polar surface area (TPSA) is 83.0 Å². The molecule has 1 atom stereocenters. The van der Waals surface area contributed by atoms with E-state index in [1.165, 1.54) is 11.6 Å². The number of phenols is 2. The van der Waals surface area contributed by atoms with Crippen LogP contribution in [0.15, 0.2) is 103 Å². The van der Waals surface area contributed by atoms with Gasteiger partial charge in [-0.25, -0.2) is 0 Å². The molecule has 4 N–H and O–H groups in total. The zero-order valence-corrected chi connectivity index (χ0v) is 19.4. The smallest absolute Gasteiger partial charge is 0.231 e. The Balaban J connectivity index is 0.000000421. The highest BCUT2D eigenvalue weighted by Gasteiger charge is 2.15. The second-order valence-corrected chi connectivity index (χ2v) is 8.14. The van der Waals surface area contributed by atoms with Gasteiger partial charge in [0.15, 0.2) is 23.0 Å². The Kier molecular flexibility index (Phi) is 8.59. The molecule has 0 spiro atoms. The summed E-state index contributed by atoms with van der Waals surface area (Å²) in [4.78, 5) is 0. The van der Waals surface area contributed by atoms with Gasteiger partial charge in [0.2, 0.25) is 6.79 Å². The van der Waals surface area contributed by atoms with E-state index < -0.39 is 0 Å². The molecule has 1 heterocycles. The van der Waals surface area contributed by atoms with Crippen LogP contribution in [0.2, 0.25) is 0 Å². The van der Waals surface area contributed by atoms with Crippen molar-refractivity contribution in [2.75, 3.05) is 13.3 Å². The maximum atomic E-state index is 9.65. The summed E-state index contributed by atoms with van der Waals surface area (Å²) >= 11 is 0. The molecule has 180 valence electrons. The lowest BCUT2D eigenvalue weighted by atomic mass is 10.1. The minimum Gasteiger partial charge on any atom is -0.504 e. The Hall–Kier alpha value is -4.00. The monoisotopic (exact) mass is 470 g/mol. The molecule has 0 radical (unpaired) electrons. The van der Waals surface area contributed by atoms with Gasteiger partial charge in [0.05, 0.1) is 0 Å². The van der Waals surface area contributed by atoms with Crippen LogP contribution in [0.5, 0.6) is 23.0 Å². The van der Waals surface area contributed by atoms with E-state index in [-0.39, 0.29) is 24.3 Å². The van der Waals surface area contributed by atoms with Crippen molar-refractivity contribution in [2.45, 2.75) is 19.1 Å². The molecule has 0 bridgehead atoms. The first-order valence-corrected chi connectivity index (χ1v) is 11.6. The van der Waals surface area contributed by atoms with Gasteiger partial charge in [-0.2, -0.15) is 0 Å². The maximum Gasteiger partial charge on any atom is 0.231 e. The molecule has 35 heavy (non-hydrogen) atoms. The van der Waals surface area contributed by atoms with Gasteiger partial charge in [0.1, 0.15) is 0 Å². The zero-order chi connectivity index (χ0) is 24.3. The molecular weight excluding hydrogens is 440 g/mol. The Morgan fingerprint density at radius 2 is 1.29 bits per heavy atom. The molecule has 1 aliphatic rings. The molecule has 4 aromatic carbocycles. The first-order valence-electron chi connectivity index (χ1n) is 11.6. The van der Waals surface area contributed by atoms with Crippen molar-refractivity contribution in [3.63, 3.8) is 0 Å². The molecule has 6 nitrogen and oxygen atoms in total. The lowest BCUT2D eigenvalue weighted by molar-refractivity contribution is 0.174. The summed E-state index contributed by atoms with van der Waals surface area (Å²) in [6, 6.07) is 33.2. The second kappa shape index (κ2) is 12.5. The summed E-state index contributed by atoms with van der Waals surface area (Å²) in [5.74, 6) is 1.35. The van der Waals surface area contributed by atoms with Gasteiger partial charge in [-0.15, -0.1) is 0 Å². The molecule has 0 saturated heterocycles. The normalized spacial score (nSPS) is 12.5. The SMILES string of the molecule is Oc1ccc(CNC[C@@H](NCc2ccc3c(c2)OCO3)c2ccccc2)cc1O.c1ccccc1. The van der Waals surface area contributed by atoms with Crippen LogP contribution in [0.3, 0.4) is 0 Å². The highest BCUT2D eigenvalue weighted by atomic mass is 16.7. The largest absolute Gasteiger partial charge is 0.504 e. The molecule has 0 fully saturated rings. The number of benzene rings is 4. The van der Waals surface area contributed by atoms with Gasteiger partial charge < -0.3 is 30.3 Å². The Labute approximate surface area is 205 Å². The van der Waals surface area contributed by atoms with Crippen molar-refractivity contribution >= 4 is 0 Å². The van der Waals surface area contributed by atoms with Gasteiger partial charge in [-0.05, 0) is 41.0 Å². The van der Waals surface area contributed by atoms with Crippen LogP contribution in [-0.4, -0.2) is 23.6 Å².